The van der Waals surface area contributed by atoms with Crippen LogP contribution in [-0.2, 0) is 0 Å². The standard InChI is InChI=1S/C5H14N10O/c6-3(7)14-12-1-2(11-5(16)10-1)13-15-4(8)9/h1-2,12-13H,(H4,6,7,14)(H4,8,9,15)(H2,10,11,16)/t1-,2-/m1/s1. The Morgan fingerprint density at radius 1 is 1.00 bits per heavy atom. The molecule has 11 nitrogen and oxygen atoms in total. The molecule has 0 spiro atoms. The second-order valence-electron chi connectivity index (χ2n) is 2.90. The lowest BCUT2D eigenvalue weighted by molar-refractivity contribution is 0.246. The van der Waals surface area contributed by atoms with Gasteiger partial charge in [0.15, 0.2) is 12.3 Å². The van der Waals surface area contributed by atoms with Crippen molar-refractivity contribution in [3.05, 3.63) is 0 Å². The molecule has 1 rings (SSSR count). The highest BCUT2D eigenvalue weighted by Crippen LogP contribution is 1.95. The predicted molar refractivity (Wildman–Crippen MR) is 57.1 cm³/mol. The van der Waals surface area contributed by atoms with Crippen LogP contribution in [0.1, 0.15) is 0 Å². The number of nitrogens with one attached hydrogen (secondary N) is 4. The third-order valence-corrected chi connectivity index (χ3v) is 1.57. The van der Waals surface area contributed by atoms with Gasteiger partial charge in [-0.15, -0.1) is 10.2 Å². The van der Waals surface area contributed by atoms with E-state index in [0.29, 0.717) is 0 Å². The van der Waals surface area contributed by atoms with Crippen LogP contribution in [0.25, 0.3) is 0 Å². The summed E-state index contributed by atoms with van der Waals surface area (Å²) in [5.74, 6) is -0.330. The molecule has 11 heteroatoms. The number of hydrogen-bond acceptors (Lipinski definition) is 5. The van der Waals surface area contributed by atoms with Crippen LogP contribution in [0, 0.1) is 0 Å². The maximum absolute atomic E-state index is 11.0. The van der Waals surface area contributed by atoms with Gasteiger partial charge in [0, 0.05) is 0 Å². The van der Waals surface area contributed by atoms with Gasteiger partial charge in [-0.2, -0.15) is 0 Å². The van der Waals surface area contributed by atoms with Crippen molar-refractivity contribution in [2.45, 2.75) is 12.3 Å². The zero-order chi connectivity index (χ0) is 12.1. The Labute approximate surface area is 90.6 Å². The van der Waals surface area contributed by atoms with E-state index >= 15 is 0 Å². The first-order valence-corrected chi connectivity index (χ1v) is 4.24. The first-order valence-electron chi connectivity index (χ1n) is 4.24. The molecule has 0 aromatic rings. The number of nitrogens with two attached hydrogens (primary N) is 4. The molecule has 90 valence electrons. The molecule has 0 unspecified atom stereocenters. The Morgan fingerprint density at radius 2 is 1.38 bits per heavy atom. The lowest BCUT2D eigenvalue weighted by atomic mass is 10.4. The molecule has 2 atom stereocenters. The van der Waals surface area contributed by atoms with E-state index in [1.54, 1.807) is 0 Å². The summed E-state index contributed by atoms with van der Waals surface area (Å²) in [5, 5.41) is 12.1. The van der Waals surface area contributed by atoms with Gasteiger partial charge in [0.2, 0.25) is 11.9 Å². The minimum absolute atomic E-state index is 0.165. The molecule has 1 aliphatic rings. The summed E-state index contributed by atoms with van der Waals surface area (Å²) >= 11 is 0. The third-order valence-electron chi connectivity index (χ3n) is 1.57. The summed E-state index contributed by atoms with van der Waals surface area (Å²) in [6, 6.07) is -0.411. The predicted octanol–water partition coefficient (Wildman–Crippen LogP) is -4.49. The Kier molecular flexibility index (Phi) is 3.42. The van der Waals surface area contributed by atoms with Gasteiger partial charge in [-0.05, 0) is 0 Å². The minimum atomic E-state index is -0.585. The summed E-state index contributed by atoms with van der Waals surface area (Å²) in [5.41, 5.74) is 25.5. The Bertz CT molecular complexity index is 285. The maximum atomic E-state index is 11.0. The number of hydrogen-bond donors (Lipinski definition) is 8. The van der Waals surface area contributed by atoms with E-state index in [9.17, 15) is 4.79 Å². The number of urea groups is 1. The highest BCUT2D eigenvalue weighted by Gasteiger charge is 2.31. The fourth-order valence-corrected chi connectivity index (χ4v) is 0.993. The van der Waals surface area contributed by atoms with Crippen LogP contribution < -0.4 is 44.4 Å². The van der Waals surface area contributed by atoms with Gasteiger partial charge >= 0.3 is 6.03 Å². The van der Waals surface area contributed by atoms with Crippen molar-refractivity contribution in [2.24, 2.45) is 33.1 Å². The number of hydrazone groups is 2. The Balaban J connectivity index is 2.56. The normalized spacial score (nSPS) is 22.6. The van der Waals surface area contributed by atoms with Gasteiger partial charge in [0.25, 0.3) is 0 Å². The molecule has 1 fully saturated rings. The molecule has 0 radical (unpaired) electrons. The second-order valence-corrected chi connectivity index (χ2v) is 2.90. The van der Waals surface area contributed by atoms with Crippen LogP contribution in [0.15, 0.2) is 10.2 Å². The SMILES string of the molecule is NC(N)=NN[C@H]1NC(=O)N[C@@H]1NN=C(N)N. The molecular weight excluding hydrogens is 216 g/mol. The van der Waals surface area contributed by atoms with Gasteiger partial charge < -0.3 is 33.6 Å². The van der Waals surface area contributed by atoms with Gasteiger partial charge in [-0.25, -0.2) is 4.79 Å². The van der Waals surface area contributed by atoms with Crippen LogP contribution in [0.3, 0.4) is 0 Å². The third kappa shape index (κ3) is 3.28. The molecule has 2 amide bonds. The number of carbonyl (C=O) groups is 1. The van der Waals surface area contributed by atoms with E-state index in [1.165, 1.54) is 0 Å². The van der Waals surface area contributed by atoms with E-state index in [-0.39, 0.29) is 11.9 Å². The largest absolute Gasteiger partial charge is 0.369 e. The van der Waals surface area contributed by atoms with Crippen molar-refractivity contribution in [3.8, 4) is 0 Å². The first-order chi connectivity index (χ1) is 7.49. The molecule has 0 aromatic carbocycles. The number of carbonyl (C=O) groups excluding carboxylic acids is 1. The Morgan fingerprint density at radius 3 is 1.69 bits per heavy atom. The zero-order valence-corrected chi connectivity index (χ0v) is 8.27. The highest BCUT2D eigenvalue weighted by molar-refractivity contribution is 5.78. The maximum Gasteiger partial charge on any atom is 0.318 e. The molecule has 12 N–H and O–H groups in total. The van der Waals surface area contributed by atoms with Gasteiger partial charge in [0.1, 0.15) is 0 Å². The molecule has 0 saturated carbocycles. The van der Waals surface area contributed by atoms with Gasteiger partial charge in [0.05, 0.1) is 0 Å². The molecule has 0 aromatic heterocycles. The summed E-state index contributed by atoms with van der Waals surface area (Å²) in [4.78, 5) is 11.0. The average Bonchev–Trinajstić information content (AvgIpc) is 2.52. The molecule has 0 aliphatic carbocycles. The van der Waals surface area contributed by atoms with Crippen LogP contribution in [-0.4, -0.2) is 30.3 Å². The van der Waals surface area contributed by atoms with Crippen molar-refractivity contribution in [2.75, 3.05) is 0 Å². The second kappa shape index (κ2) is 4.77. The lowest BCUT2D eigenvalue weighted by Crippen LogP contribution is -2.51. The fourth-order valence-electron chi connectivity index (χ4n) is 0.993. The van der Waals surface area contributed by atoms with Crippen molar-refractivity contribution in [1.29, 1.82) is 0 Å². The highest BCUT2D eigenvalue weighted by atomic mass is 16.2. The fraction of sp³-hybridized carbons (Fsp3) is 0.400. The summed E-state index contributed by atoms with van der Waals surface area (Å²) in [6.07, 6.45) is -1.17. The lowest BCUT2D eigenvalue weighted by Gasteiger charge is -2.17. The summed E-state index contributed by atoms with van der Waals surface area (Å²) in [7, 11) is 0. The molecule has 1 heterocycles. The monoisotopic (exact) mass is 230 g/mol. The number of nitrogens with zero attached hydrogens (tertiary/aromatic N) is 2. The van der Waals surface area contributed by atoms with Crippen LogP contribution in [0.5, 0.6) is 0 Å². The van der Waals surface area contributed by atoms with Crippen molar-refractivity contribution in [1.82, 2.24) is 21.5 Å². The Hall–Kier alpha value is -2.59. The molecular formula is C5H14N10O. The van der Waals surface area contributed by atoms with E-state index in [2.05, 4.69) is 31.7 Å². The minimum Gasteiger partial charge on any atom is -0.369 e. The molecule has 1 aliphatic heterocycles. The average molecular weight is 230 g/mol. The molecule has 16 heavy (non-hydrogen) atoms. The molecule has 0 bridgehead atoms. The number of amides is 2. The van der Waals surface area contributed by atoms with E-state index in [0.717, 1.165) is 0 Å². The summed E-state index contributed by atoms with van der Waals surface area (Å²) in [6.45, 7) is 0. The zero-order valence-electron chi connectivity index (χ0n) is 8.27. The van der Waals surface area contributed by atoms with E-state index in [4.69, 9.17) is 22.9 Å². The van der Waals surface area contributed by atoms with Crippen molar-refractivity contribution in [3.63, 3.8) is 0 Å². The van der Waals surface area contributed by atoms with Crippen LogP contribution >= 0.6 is 0 Å². The van der Waals surface area contributed by atoms with E-state index < -0.39 is 18.4 Å². The number of guanidine groups is 2. The number of rotatable bonds is 4. The van der Waals surface area contributed by atoms with Crippen LogP contribution in [0.4, 0.5) is 4.79 Å². The van der Waals surface area contributed by atoms with Crippen molar-refractivity contribution >= 4 is 18.0 Å². The smallest absolute Gasteiger partial charge is 0.318 e. The van der Waals surface area contributed by atoms with Crippen molar-refractivity contribution < 1.29 is 4.79 Å². The quantitative estimate of drug-likeness (QED) is 0.135. The topological polar surface area (TPSA) is 194 Å². The summed E-state index contributed by atoms with van der Waals surface area (Å²) < 4.78 is 0. The van der Waals surface area contributed by atoms with Crippen LogP contribution in [0.2, 0.25) is 0 Å². The molecule has 1 saturated heterocycles. The first kappa shape index (κ1) is 11.5. The van der Waals surface area contributed by atoms with E-state index in [1.807, 2.05) is 0 Å². The van der Waals surface area contributed by atoms with Gasteiger partial charge in [-0.1, -0.05) is 0 Å². The van der Waals surface area contributed by atoms with Gasteiger partial charge in [-0.3, -0.25) is 10.9 Å².